The number of piperidine rings is 1. The zero-order valence-electron chi connectivity index (χ0n) is 12.1. The van der Waals surface area contributed by atoms with Gasteiger partial charge in [-0.2, -0.15) is 17.0 Å². The van der Waals surface area contributed by atoms with Gasteiger partial charge in [-0.3, -0.25) is 0 Å². The number of rotatable bonds is 8. The monoisotopic (exact) mass is 289 g/mol. The predicted octanol–water partition coefficient (Wildman–Crippen LogP) is 1.06. The van der Waals surface area contributed by atoms with E-state index in [0.717, 1.165) is 25.9 Å². The fourth-order valence-corrected chi connectivity index (χ4v) is 4.01. The van der Waals surface area contributed by atoms with Gasteiger partial charge in [-0.1, -0.05) is 19.9 Å². The van der Waals surface area contributed by atoms with Crippen LogP contribution in [0.25, 0.3) is 0 Å². The molecule has 1 aliphatic heterocycles. The van der Waals surface area contributed by atoms with Gasteiger partial charge in [-0.15, -0.1) is 6.58 Å². The van der Waals surface area contributed by atoms with Crippen LogP contribution in [0.3, 0.4) is 0 Å². The zero-order valence-corrected chi connectivity index (χ0v) is 13.0. The van der Waals surface area contributed by atoms with E-state index in [4.69, 9.17) is 0 Å². The maximum atomic E-state index is 12.4. The van der Waals surface area contributed by atoms with Crippen LogP contribution in [0.15, 0.2) is 12.7 Å². The Kier molecular flexibility index (Phi) is 6.99. The van der Waals surface area contributed by atoms with E-state index < -0.39 is 10.2 Å². The lowest BCUT2D eigenvalue weighted by molar-refractivity contribution is 0.253. The minimum absolute atomic E-state index is 0.385. The Labute approximate surface area is 117 Å². The molecule has 1 rings (SSSR count). The van der Waals surface area contributed by atoms with E-state index in [2.05, 4.69) is 18.8 Å². The quantitative estimate of drug-likeness (QED) is 0.680. The molecule has 5 nitrogen and oxygen atoms in total. The molecule has 0 aromatic heterocycles. The summed E-state index contributed by atoms with van der Waals surface area (Å²) in [5, 5.41) is 3.33. The molecule has 1 aliphatic rings. The van der Waals surface area contributed by atoms with E-state index in [0.29, 0.717) is 32.1 Å². The van der Waals surface area contributed by atoms with Gasteiger partial charge in [0.25, 0.3) is 10.2 Å². The van der Waals surface area contributed by atoms with Crippen molar-refractivity contribution in [3.8, 4) is 0 Å². The molecule has 0 unspecified atom stereocenters. The van der Waals surface area contributed by atoms with Crippen molar-refractivity contribution in [1.29, 1.82) is 0 Å². The van der Waals surface area contributed by atoms with Crippen LogP contribution >= 0.6 is 0 Å². The van der Waals surface area contributed by atoms with Crippen molar-refractivity contribution < 1.29 is 8.42 Å². The smallest absolute Gasteiger partial charge is 0.282 e. The summed E-state index contributed by atoms with van der Waals surface area (Å²) in [6.07, 6.45) is 3.52. The molecule has 0 aliphatic carbocycles. The number of hydrogen-bond donors (Lipinski definition) is 1. The third-order valence-corrected chi connectivity index (χ3v) is 5.67. The first-order chi connectivity index (χ1) is 9.06. The van der Waals surface area contributed by atoms with Gasteiger partial charge >= 0.3 is 0 Å². The fraction of sp³-hybridized carbons (Fsp3) is 0.846. The minimum Gasteiger partial charge on any atom is -0.317 e. The van der Waals surface area contributed by atoms with Crippen LogP contribution in [-0.4, -0.2) is 56.3 Å². The first kappa shape index (κ1) is 16.6. The van der Waals surface area contributed by atoms with E-state index >= 15 is 0 Å². The van der Waals surface area contributed by atoms with Crippen molar-refractivity contribution >= 4 is 10.2 Å². The Balaban J connectivity index is 2.55. The van der Waals surface area contributed by atoms with Crippen LogP contribution in [0, 0.1) is 5.92 Å². The molecular formula is C13H27N3O2S. The summed E-state index contributed by atoms with van der Waals surface area (Å²) in [5.41, 5.74) is 0. The third-order valence-electron chi connectivity index (χ3n) is 3.59. The molecule has 0 aromatic rings. The lowest BCUT2D eigenvalue weighted by atomic mass is 9.98. The fourth-order valence-electron chi connectivity index (χ4n) is 2.39. The van der Waals surface area contributed by atoms with Crippen molar-refractivity contribution in [3.05, 3.63) is 12.7 Å². The number of nitrogens with one attached hydrogen (secondary N) is 1. The van der Waals surface area contributed by atoms with Gasteiger partial charge in [0.2, 0.25) is 0 Å². The van der Waals surface area contributed by atoms with Crippen molar-refractivity contribution in [3.63, 3.8) is 0 Å². The van der Waals surface area contributed by atoms with Crippen LogP contribution in [0.4, 0.5) is 0 Å². The van der Waals surface area contributed by atoms with Gasteiger partial charge in [0.1, 0.15) is 0 Å². The van der Waals surface area contributed by atoms with Gasteiger partial charge in [0.15, 0.2) is 0 Å². The highest BCUT2D eigenvalue weighted by molar-refractivity contribution is 7.86. The first-order valence-corrected chi connectivity index (χ1v) is 8.52. The molecule has 1 fully saturated rings. The molecule has 0 spiro atoms. The van der Waals surface area contributed by atoms with Crippen molar-refractivity contribution in [2.24, 2.45) is 5.92 Å². The normalized spacial score (nSPS) is 18.9. The zero-order chi connectivity index (χ0) is 14.3. The molecule has 0 bridgehead atoms. The predicted molar refractivity (Wildman–Crippen MR) is 79.2 cm³/mol. The second-order valence-corrected chi connectivity index (χ2v) is 6.83. The van der Waals surface area contributed by atoms with E-state index in [-0.39, 0.29) is 0 Å². The highest BCUT2D eigenvalue weighted by atomic mass is 32.2. The SMILES string of the molecule is C=CCN(CC)S(=O)(=O)N1CCC(CNCC)CC1. The molecular weight excluding hydrogens is 262 g/mol. The van der Waals surface area contributed by atoms with Crippen LogP contribution in [0.5, 0.6) is 0 Å². The average molecular weight is 289 g/mol. The van der Waals surface area contributed by atoms with Gasteiger partial charge < -0.3 is 5.32 Å². The summed E-state index contributed by atoms with van der Waals surface area (Å²) in [6, 6.07) is 0. The molecule has 1 N–H and O–H groups in total. The summed E-state index contributed by atoms with van der Waals surface area (Å²) < 4.78 is 27.9. The average Bonchev–Trinajstić information content (AvgIpc) is 2.42. The molecule has 112 valence electrons. The van der Waals surface area contributed by atoms with Crippen LogP contribution in [-0.2, 0) is 10.2 Å². The lowest BCUT2D eigenvalue weighted by Gasteiger charge is -2.34. The van der Waals surface area contributed by atoms with E-state index in [1.165, 1.54) is 4.31 Å². The molecule has 1 saturated heterocycles. The largest absolute Gasteiger partial charge is 0.317 e. The Morgan fingerprint density at radius 3 is 2.47 bits per heavy atom. The highest BCUT2D eigenvalue weighted by Crippen LogP contribution is 2.20. The second-order valence-electron chi connectivity index (χ2n) is 4.90. The van der Waals surface area contributed by atoms with Gasteiger partial charge in [0.05, 0.1) is 0 Å². The Morgan fingerprint density at radius 1 is 1.37 bits per heavy atom. The Morgan fingerprint density at radius 2 is 2.00 bits per heavy atom. The minimum atomic E-state index is -3.31. The van der Waals surface area contributed by atoms with Crippen molar-refractivity contribution in [1.82, 2.24) is 13.9 Å². The van der Waals surface area contributed by atoms with Crippen molar-refractivity contribution in [2.75, 3.05) is 39.3 Å². The molecule has 0 atom stereocenters. The maximum Gasteiger partial charge on any atom is 0.282 e. The summed E-state index contributed by atoms with van der Waals surface area (Å²) in [6.45, 7) is 11.7. The summed E-state index contributed by atoms with van der Waals surface area (Å²) in [7, 11) is -3.31. The standard InChI is InChI=1S/C13H27N3O2S/c1-4-9-15(6-3)19(17,18)16-10-7-13(8-11-16)12-14-5-2/h4,13-14H,1,5-12H2,2-3H3. The Hall–Kier alpha value is -0.430. The van der Waals surface area contributed by atoms with Crippen LogP contribution < -0.4 is 5.32 Å². The summed E-state index contributed by atoms with van der Waals surface area (Å²) in [4.78, 5) is 0. The molecule has 0 saturated carbocycles. The second kappa shape index (κ2) is 7.99. The maximum absolute atomic E-state index is 12.4. The third kappa shape index (κ3) is 4.56. The molecule has 19 heavy (non-hydrogen) atoms. The van der Waals surface area contributed by atoms with E-state index in [1.807, 2.05) is 6.92 Å². The molecule has 6 heteroatoms. The van der Waals surface area contributed by atoms with Crippen LogP contribution in [0.1, 0.15) is 26.7 Å². The topological polar surface area (TPSA) is 52.7 Å². The van der Waals surface area contributed by atoms with Gasteiger partial charge in [-0.05, 0) is 31.8 Å². The lowest BCUT2D eigenvalue weighted by Crippen LogP contribution is -2.48. The molecule has 0 radical (unpaired) electrons. The summed E-state index contributed by atoms with van der Waals surface area (Å²) >= 11 is 0. The van der Waals surface area contributed by atoms with Gasteiger partial charge in [0, 0.05) is 26.2 Å². The van der Waals surface area contributed by atoms with E-state index in [9.17, 15) is 8.42 Å². The highest BCUT2D eigenvalue weighted by Gasteiger charge is 2.31. The first-order valence-electron chi connectivity index (χ1n) is 7.13. The number of hydrogen-bond acceptors (Lipinski definition) is 3. The van der Waals surface area contributed by atoms with Gasteiger partial charge in [-0.25, -0.2) is 0 Å². The molecule has 0 aromatic carbocycles. The Bertz CT molecular complexity index is 362. The number of nitrogens with zero attached hydrogens (tertiary/aromatic N) is 2. The van der Waals surface area contributed by atoms with E-state index in [1.54, 1.807) is 10.4 Å². The number of likely N-dealkylation sites (N-methyl/N-ethyl adjacent to an activating group) is 1. The summed E-state index contributed by atoms with van der Waals surface area (Å²) in [5.74, 6) is 0.598. The molecule has 1 heterocycles. The molecule has 0 amide bonds. The van der Waals surface area contributed by atoms with Crippen LogP contribution in [0.2, 0.25) is 0 Å². The van der Waals surface area contributed by atoms with Crippen molar-refractivity contribution in [2.45, 2.75) is 26.7 Å².